The Morgan fingerprint density at radius 2 is 1.70 bits per heavy atom. The molecular weight excluding hydrogens is 348 g/mol. The smallest absolute Gasteiger partial charge is 0.338 e. The van der Waals surface area contributed by atoms with Crippen molar-refractivity contribution in [3.05, 3.63) is 75.3 Å². The molecule has 1 N–H and O–H groups in total. The molecule has 0 spiro atoms. The van der Waals surface area contributed by atoms with Gasteiger partial charge >= 0.3 is 5.97 Å². The average molecular weight is 370 g/mol. The molecule has 142 valence electrons. The number of carbonyl (C=O) groups is 2. The zero-order chi connectivity index (χ0) is 19.8. The van der Waals surface area contributed by atoms with Crippen LogP contribution in [0, 0.1) is 10.1 Å². The van der Waals surface area contributed by atoms with Gasteiger partial charge < -0.3 is 10.1 Å². The number of ether oxygens (including phenoxy) is 1. The Hall–Kier alpha value is -3.22. The zero-order valence-corrected chi connectivity index (χ0v) is 15.3. The van der Waals surface area contributed by atoms with Gasteiger partial charge in [-0.15, -0.1) is 0 Å². The second kappa shape index (κ2) is 9.47. The molecule has 0 aliphatic heterocycles. The lowest BCUT2D eigenvalue weighted by Gasteiger charge is -2.08. The van der Waals surface area contributed by atoms with Crippen LogP contribution in [0.15, 0.2) is 48.5 Å². The molecule has 2 aromatic rings. The Morgan fingerprint density at radius 3 is 2.26 bits per heavy atom. The number of nitro benzene ring substituents is 1. The number of benzene rings is 2. The van der Waals surface area contributed by atoms with Crippen LogP contribution in [0.5, 0.6) is 0 Å². The molecule has 0 fully saturated rings. The minimum absolute atomic E-state index is 0.120. The topological polar surface area (TPSA) is 98.5 Å². The summed E-state index contributed by atoms with van der Waals surface area (Å²) in [5.74, 6) is -0.627. The summed E-state index contributed by atoms with van der Waals surface area (Å²) >= 11 is 0. The third-order valence-electron chi connectivity index (χ3n) is 4.03. The van der Waals surface area contributed by atoms with E-state index in [2.05, 4.69) is 31.3 Å². The fourth-order valence-corrected chi connectivity index (χ4v) is 2.40. The van der Waals surface area contributed by atoms with E-state index in [9.17, 15) is 19.7 Å². The number of non-ortho nitro benzene ring substituents is 1. The van der Waals surface area contributed by atoms with Crippen LogP contribution >= 0.6 is 0 Å². The summed E-state index contributed by atoms with van der Waals surface area (Å²) in [5.41, 5.74) is 2.41. The Labute approximate surface area is 157 Å². The highest BCUT2D eigenvalue weighted by Crippen LogP contribution is 2.15. The zero-order valence-electron chi connectivity index (χ0n) is 15.3. The Morgan fingerprint density at radius 1 is 1.07 bits per heavy atom. The summed E-state index contributed by atoms with van der Waals surface area (Å²) in [6.45, 7) is 4.30. The first-order chi connectivity index (χ1) is 12.9. The molecule has 0 aliphatic rings. The molecule has 0 aromatic heterocycles. The molecule has 0 bridgehead atoms. The number of nitrogens with zero attached hydrogens (tertiary/aromatic N) is 1. The first kappa shape index (κ1) is 20.1. The Bertz CT molecular complexity index is 798. The highest BCUT2D eigenvalue weighted by molar-refractivity contribution is 5.91. The quantitative estimate of drug-likeness (QED) is 0.437. The highest BCUT2D eigenvalue weighted by Gasteiger charge is 2.12. The lowest BCUT2D eigenvalue weighted by Crippen LogP contribution is -2.30. The van der Waals surface area contributed by atoms with Gasteiger partial charge in [-0.2, -0.15) is 0 Å². The van der Waals surface area contributed by atoms with Gasteiger partial charge in [0.1, 0.15) is 0 Å². The van der Waals surface area contributed by atoms with E-state index in [0.29, 0.717) is 18.9 Å². The molecule has 0 saturated heterocycles. The van der Waals surface area contributed by atoms with E-state index in [0.717, 1.165) is 5.56 Å². The lowest BCUT2D eigenvalue weighted by atomic mass is 10.0. The molecule has 2 rings (SSSR count). The first-order valence-corrected chi connectivity index (χ1v) is 8.64. The van der Waals surface area contributed by atoms with Crippen molar-refractivity contribution in [2.45, 2.75) is 26.2 Å². The lowest BCUT2D eigenvalue weighted by molar-refractivity contribution is -0.384. The minimum atomic E-state index is -0.704. The van der Waals surface area contributed by atoms with Crippen LogP contribution in [0.3, 0.4) is 0 Å². The van der Waals surface area contributed by atoms with Crippen molar-refractivity contribution < 1.29 is 19.2 Å². The Kier molecular flexibility index (Phi) is 7.05. The monoisotopic (exact) mass is 370 g/mol. The van der Waals surface area contributed by atoms with Gasteiger partial charge in [0.05, 0.1) is 10.5 Å². The van der Waals surface area contributed by atoms with Gasteiger partial charge in [-0.1, -0.05) is 38.1 Å². The van der Waals surface area contributed by atoms with Crippen molar-refractivity contribution in [1.29, 1.82) is 0 Å². The number of nitrogens with one attached hydrogen (secondary N) is 1. The van der Waals surface area contributed by atoms with E-state index < -0.39 is 23.4 Å². The van der Waals surface area contributed by atoms with E-state index in [1.165, 1.54) is 29.8 Å². The fourth-order valence-electron chi connectivity index (χ4n) is 2.40. The van der Waals surface area contributed by atoms with Crippen LogP contribution in [-0.2, 0) is 16.0 Å². The molecule has 0 radical (unpaired) electrons. The molecular formula is C20H22N2O5. The predicted octanol–water partition coefficient (Wildman–Crippen LogP) is 3.23. The molecule has 7 heteroatoms. The summed E-state index contributed by atoms with van der Waals surface area (Å²) in [5, 5.41) is 13.3. The molecule has 2 aromatic carbocycles. The molecule has 7 nitrogen and oxygen atoms in total. The molecule has 27 heavy (non-hydrogen) atoms. The number of rotatable bonds is 8. The van der Waals surface area contributed by atoms with Crippen LogP contribution in [0.1, 0.15) is 41.3 Å². The van der Waals surface area contributed by atoms with Crippen molar-refractivity contribution in [1.82, 2.24) is 5.32 Å². The van der Waals surface area contributed by atoms with Crippen molar-refractivity contribution in [3.63, 3.8) is 0 Å². The van der Waals surface area contributed by atoms with Crippen molar-refractivity contribution >= 4 is 17.6 Å². The third-order valence-corrected chi connectivity index (χ3v) is 4.03. The van der Waals surface area contributed by atoms with Crippen LogP contribution in [0.4, 0.5) is 5.69 Å². The van der Waals surface area contributed by atoms with Crippen LogP contribution < -0.4 is 5.32 Å². The highest BCUT2D eigenvalue weighted by atomic mass is 16.6. The number of carbonyl (C=O) groups excluding carboxylic acids is 2. The second-order valence-corrected chi connectivity index (χ2v) is 6.38. The van der Waals surface area contributed by atoms with Gasteiger partial charge in [-0.25, -0.2) is 4.79 Å². The van der Waals surface area contributed by atoms with Crippen molar-refractivity contribution in [2.75, 3.05) is 13.2 Å². The Balaban J connectivity index is 1.72. The maximum atomic E-state index is 11.8. The summed E-state index contributed by atoms with van der Waals surface area (Å²) in [6.07, 6.45) is 0.681. The van der Waals surface area contributed by atoms with Crippen LogP contribution in [-0.4, -0.2) is 30.0 Å². The van der Waals surface area contributed by atoms with E-state index in [1.54, 1.807) is 0 Å². The third kappa shape index (κ3) is 6.22. The maximum Gasteiger partial charge on any atom is 0.338 e. The number of amides is 1. The van der Waals surface area contributed by atoms with E-state index in [-0.39, 0.29) is 11.3 Å². The molecule has 1 amide bonds. The number of esters is 1. The van der Waals surface area contributed by atoms with Crippen molar-refractivity contribution in [2.24, 2.45) is 0 Å². The summed E-state index contributed by atoms with van der Waals surface area (Å²) in [4.78, 5) is 33.6. The number of nitro groups is 1. The number of hydrogen-bond acceptors (Lipinski definition) is 5. The van der Waals surface area contributed by atoms with Gasteiger partial charge in [0.2, 0.25) is 0 Å². The molecule has 0 atom stereocenters. The maximum absolute atomic E-state index is 11.8. The summed E-state index contributed by atoms with van der Waals surface area (Å²) < 4.78 is 4.91. The van der Waals surface area contributed by atoms with E-state index >= 15 is 0 Å². The molecule has 0 unspecified atom stereocenters. The average Bonchev–Trinajstić information content (AvgIpc) is 2.66. The van der Waals surface area contributed by atoms with Crippen molar-refractivity contribution in [3.8, 4) is 0 Å². The van der Waals surface area contributed by atoms with Gasteiger partial charge in [-0.05, 0) is 35.6 Å². The van der Waals surface area contributed by atoms with Crippen LogP contribution in [0.25, 0.3) is 0 Å². The normalized spacial score (nSPS) is 10.5. The predicted molar refractivity (Wildman–Crippen MR) is 101 cm³/mol. The largest absolute Gasteiger partial charge is 0.452 e. The standard InChI is InChI=1S/C20H22N2O5/c1-14(2)16-5-3-15(4-6-16)11-12-21-19(23)13-27-20(24)17-7-9-18(10-8-17)22(25)26/h3-10,14H,11-13H2,1-2H3,(H,21,23). The van der Waals surface area contributed by atoms with Gasteiger partial charge in [0.25, 0.3) is 11.6 Å². The van der Waals surface area contributed by atoms with E-state index in [4.69, 9.17) is 4.74 Å². The summed E-state index contributed by atoms with van der Waals surface area (Å²) in [6, 6.07) is 13.2. The molecule has 0 aliphatic carbocycles. The molecule has 0 saturated carbocycles. The minimum Gasteiger partial charge on any atom is -0.452 e. The summed E-state index contributed by atoms with van der Waals surface area (Å²) in [7, 11) is 0. The second-order valence-electron chi connectivity index (χ2n) is 6.38. The van der Waals surface area contributed by atoms with Gasteiger partial charge in [0.15, 0.2) is 6.61 Å². The fraction of sp³-hybridized carbons (Fsp3) is 0.300. The van der Waals surface area contributed by atoms with Gasteiger partial charge in [-0.3, -0.25) is 14.9 Å². The van der Waals surface area contributed by atoms with Crippen LogP contribution in [0.2, 0.25) is 0 Å². The molecule has 0 heterocycles. The SMILES string of the molecule is CC(C)c1ccc(CCNC(=O)COC(=O)c2ccc([N+](=O)[O-])cc2)cc1. The first-order valence-electron chi connectivity index (χ1n) is 8.64. The van der Waals surface area contributed by atoms with E-state index in [1.807, 2.05) is 12.1 Å². The van der Waals surface area contributed by atoms with Gasteiger partial charge in [0, 0.05) is 18.7 Å². The number of hydrogen-bond donors (Lipinski definition) is 1.